The van der Waals surface area contributed by atoms with Gasteiger partial charge in [-0.1, -0.05) is 0 Å². The molecule has 0 aromatic heterocycles. The molecule has 0 aromatic rings. The summed E-state index contributed by atoms with van der Waals surface area (Å²) in [7, 11) is 0. The third kappa shape index (κ3) is 3.98. The van der Waals surface area contributed by atoms with Crippen molar-refractivity contribution in [3.8, 4) is 0 Å². The van der Waals surface area contributed by atoms with Gasteiger partial charge in [-0.25, -0.2) is 9.59 Å². The van der Waals surface area contributed by atoms with Gasteiger partial charge in [0.25, 0.3) is 0 Å². The van der Waals surface area contributed by atoms with Gasteiger partial charge in [-0.2, -0.15) is 0 Å². The molecule has 0 saturated heterocycles. The summed E-state index contributed by atoms with van der Waals surface area (Å²) >= 11 is 0. The van der Waals surface area contributed by atoms with Crippen molar-refractivity contribution in [2.75, 3.05) is 19.8 Å². The first kappa shape index (κ1) is 15.0. The number of rotatable bonds is 5. The summed E-state index contributed by atoms with van der Waals surface area (Å²) < 4.78 is 9.80. The van der Waals surface area contributed by atoms with Gasteiger partial charge in [0.2, 0.25) is 0 Å². The number of hydrogen-bond acceptors (Lipinski definition) is 5. The van der Waals surface area contributed by atoms with Gasteiger partial charge in [0, 0.05) is 18.9 Å². The van der Waals surface area contributed by atoms with E-state index in [-0.39, 0.29) is 18.8 Å². The number of esters is 2. The van der Waals surface area contributed by atoms with Crippen LogP contribution >= 0.6 is 0 Å². The van der Waals surface area contributed by atoms with Crippen LogP contribution in [0.3, 0.4) is 0 Å². The minimum absolute atomic E-state index is 0.0630. The topological polar surface area (TPSA) is 55.8 Å². The van der Waals surface area contributed by atoms with Crippen molar-refractivity contribution >= 4 is 11.9 Å². The molecule has 0 fully saturated rings. The molecule has 0 saturated carbocycles. The maximum atomic E-state index is 11.8. The van der Waals surface area contributed by atoms with E-state index < -0.39 is 11.9 Å². The second-order valence-electron chi connectivity index (χ2n) is 3.73. The van der Waals surface area contributed by atoms with E-state index in [2.05, 4.69) is 0 Å². The molecule has 0 amide bonds. The standard InChI is InChI=1S/C14H19NO4/c1-4-15-9-7-11(8-10-15)12(13(16)18-5-2)14(17)19-6-3/h7-10H,4-6H2,1-3H3. The first-order valence-corrected chi connectivity index (χ1v) is 6.34. The third-order valence-corrected chi connectivity index (χ3v) is 2.50. The minimum Gasteiger partial charge on any atom is -0.462 e. The second kappa shape index (κ2) is 7.41. The Morgan fingerprint density at radius 2 is 1.47 bits per heavy atom. The summed E-state index contributed by atoms with van der Waals surface area (Å²) in [5.41, 5.74) is 0.438. The fourth-order valence-electron chi connectivity index (χ4n) is 1.56. The quantitative estimate of drug-likeness (QED) is 0.328. The highest BCUT2D eigenvalue weighted by Gasteiger charge is 2.24. The highest BCUT2D eigenvalue weighted by atomic mass is 16.6. The average Bonchev–Trinajstić information content (AvgIpc) is 2.40. The second-order valence-corrected chi connectivity index (χ2v) is 3.73. The monoisotopic (exact) mass is 265 g/mol. The Bertz CT molecular complexity index is 399. The molecule has 0 bridgehead atoms. The van der Waals surface area contributed by atoms with Crippen LogP contribution in [0.2, 0.25) is 0 Å². The van der Waals surface area contributed by atoms with Crippen molar-refractivity contribution in [3.63, 3.8) is 0 Å². The van der Waals surface area contributed by atoms with E-state index in [0.717, 1.165) is 6.54 Å². The van der Waals surface area contributed by atoms with E-state index in [9.17, 15) is 9.59 Å². The van der Waals surface area contributed by atoms with E-state index >= 15 is 0 Å². The summed E-state index contributed by atoms with van der Waals surface area (Å²) in [6.07, 6.45) is 7.00. The molecule has 19 heavy (non-hydrogen) atoms. The fraction of sp³-hybridized carbons (Fsp3) is 0.429. The Morgan fingerprint density at radius 3 is 1.84 bits per heavy atom. The molecular weight excluding hydrogens is 246 g/mol. The molecule has 0 aromatic carbocycles. The molecule has 1 aliphatic rings. The smallest absolute Gasteiger partial charge is 0.346 e. The Balaban J connectivity index is 3.06. The van der Waals surface area contributed by atoms with Gasteiger partial charge in [-0.05, 0) is 38.5 Å². The van der Waals surface area contributed by atoms with Crippen molar-refractivity contribution in [1.29, 1.82) is 0 Å². The lowest BCUT2D eigenvalue weighted by molar-refractivity contribution is -0.146. The van der Waals surface area contributed by atoms with Crippen LogP contribution in [0.1, 0.15) is 20.8 Å². The predicted molar refractivity (Wildman–Crippen MR) is 71.0 cm³/mol. The molecular formula is C14H19NO4. The van der Waals surface area contributed by atoms with Crippen molar-refractivity contribution in [1.82, 2.24) is 4.90 Å². The zero-order valence-electron chi connectivity index (χ0n) is 11.5. The van der Waals surface area contributed by atoms with Gasteiger partial charge < -0.3 is 14.4 Å². The molecule has 5 nitrogen and oxygen atoms in total. The van der Waals surface area contributed by atoms with E-state index in [0.29, 0.717) is 5.57 Å². The van der Waals surface area contributed by atoms with Gasteiger partial charge in [0.1, 0.15) is 0 Å². The Morgan fingerprint density at radius 1 is 1.00 bits per heavy atom. The Hall–Kier alpha value is -2.04. The molecule has 0 aliphatic carbocycles. The summed E-state index contributed by atoms with van der Waals surface area (Å²) in [6, 6.07) is 0. The molecule has 1 rings (SSSR count). The highest BCUT2D eigenvalue weighted by Crippen LogP contribution is 2.17. The summed E-state index contributed by atoms with van der Waals surface area (Å²) in [5, 5.41) is 0. The predicted octanol–water partition coefficient (Wildman–Crippen LogP) is 1.77. The maximum absolute atomic E-state index is 11.8. The summed E-state index contributed by atoms with van der Waals surface area (Å²) in [6.45, 7) is 6.62. The van der Waals surface area contributed by atoms with Crippen molar-refractivity contribution < 1.29 is 19.1 Å². The number of carbonyl (C=O) groups is 2. The van der Waals surface area contributed by atoms with Gasteiger partial charge in [0.05, 0.1) is 13.2 Å². The summed E-state index contributed by atoms with van der Waals surface area (Å²) in [4.78, 5) is 25.6. The largest absolute Gasteiger partial charge is 0.462 e. The number of carbonyl (C=O) groups excluding carboxylic acids is 2. The van der Waals surface area contributed by atoms with Crippen LogP contribution in [0.5, 0.6) is 0 Å². The zero-order valence-corrected chi connectivity index (χ0v) is 11.5. The van der Waals surface area contributed by atoms with E-state index in [1.165, 1.54) is 0 Å². The summed E-state index contributed by atoms with van der Waals surface area (Å²) in [5.74, 6) is -1.31. The van der Waals surface area contributed by atoms with Gasteiger partial charge >= 0.3 is 11.9 Å². The van der Waals surface area contributed by atoms with E-state index in [1.807, 2.05) is 11.8 Å². The van der Waals surface area contributed by atoms with Crippen LogP contribution in [-0.2, 0) is 19.1 Å². The highest BCUT2D eigenvalue weighted by molar-refractivity contribution is 6.15. The van der Waals surface area contributed by atoms with E-state index in [1.54, 1.807) is 38.4 Å². The Kier molecular flexibility index (Phi) is 5.85. The average molecular weight is 265 g/mol. The van der Waals surface area contributed by atoms with Crippen LogP contribution in [-0.4, -0.2) is 36.6 Å². The number of nitrogens with zero attached hydrogens (tertiary/aromatic N) is 1. The number of hydrogen-bond donors (Lipinski definition) is 0. The SMILES string of the molecule is CCOC(=O)C(C(=O)OCC)=C1C=CN(CC)C=C1. The van der Waals surface area contributed by atoms with Crippen LogP contribution in [0.15, 0.2) is 35.7 Å². The van der Waals surface area contributed by atoms with Gasteiger partial charge in [-0.3, -0.25) is 0 Å². The molecule has 104 valence electrons. The first-order chi connectivity index (χ1) is 9.13. The third-order valence-electron chi connectivity index (χ3n) is 2.50. The molecule has 0 atom stereocenters. The van der Waals surface area contributed by atoms with Gasteiger partial charge in [0.15, 0.2) is 5.57 Å². The number of allylic oxidation sites excluding steroid dienone is 3. The normalized spacial score (nSPS) is 13.4. The maximum Gasteiger partial charge on any atom is 0.346 e. The molecule has 5 heteroatoms. The molecule has 0 radical (unpaired) electrons. The lowest BCUT2D eigenvalue weighted by atomic mass is 10.1. The molecule has 1 aliphatic heterocycles. The van der Waals surface area contributed by atoms with Crippen LogP contribution in [0.4, 0.5) is 0 Å². The van der Waals surface area contributed by atoms with Crippen LogP contribution in [0, 0.1) is 0 Å². The first-order valence-electron chi connectivity index (χ1n) is 6.34. The Labute approximate surface area is 113 Å². The van der Waals surface area contributed by atoms with Crippen molar-refractivity contribution in [2.45, 2.75) is 20.8 Å². The van der Waals surface area contributed by atoms with Gasteiger partial charge in [-0.15, -0.1) is 0 Å². The van der Waals surface area contributed by atoms with Crippen molar-refractivity contribution in [2.24, 2.45) is 0 Å². The molecule has 0 spiro atoms. The van der Waals surface area contributed by atoms with Crippen LogP contribution in [0.25, 0.3) is 0 Å². The molecule has 0 unspecified atom stereocenters. The molecule has 0 N–H and O–H groups in total. The van der Waals surface area contributed by atoms with E-state index in [4.69, 9.17) is 9.47 Å². The zero-order chi connectivity index (χ0) is 14.3. The minimum atomic E-state index is -0.657. The lowest BCUT2D eigenvalue weighted by Crippen LogP contribution is -2.21. The van der Waals surface area contributed by atoms with Crippen LogP contribution < -0.4 is 0 Å². The fourth-order valence-corrected chi connectivity index (χ4v) is 1.56. The number of ether oxygens (including phenoxy) is 2. The van der Waals surface area contributed by atoms with Crippen molar-refractivity contribution in [3.05, 3.63) is 35.7 Å². The lowest BCUT2D eigenvalue weighted by Gasteiger charge is -2.17. The molecule has 1 heterocycles.